The summed E-state index contributed by atoms with van der Waals surface area (Å²) in [5.41, 5.74) is 5.71. The van der Waals surface area contributed by atoms with Crippen molar-refractivity contribution in [2.45, 2.75) is 6.92 Å². The van der Waals surface area contributed by atoms with Gasteiger partial charge in [-0.3, -0.25) is 0 Å². The maximum absolute atomic E-state index is 5.08. The molecule has 0 spiro atoms. The molecule has 0 unspecified atom stereocenters. The van der Waals surface area contributed by atoms with E-state index in [1.54, 1.807) is 0 Å². The van der Waals surface area contributed by atoms with Crippen molar-refractivity contribution in [3.05, 3.63) is 42.1 Å². The molecule has 0 heterocycles. The average molecular weight is 193 g/mol. The number of para-hydroxylation sites is 1. The van der Waals surface area contributed by atoms with Crippen LogP contribution in [0.3, 0.4) is 0 Å². The Bertz CT molecular complexity index is 313. The Kier molecular flexibility index (Phi) is 3.61. The highest BCUT2D eigenvalue weighted by Gasteiger charge is 1.93. The van der Waals surface area contributed by atoms with Crippen LogP contribution in [0.1, 0.15) is 6.92 Å². The zero-order valence-corrected chi connectivity index (χ0v) is 8.40. The zero-order chi connectivity index (χ0) is 9.68. The van der Waals surface area contributed by atoms with E-state index < -0.39 is 0 Å². The number of anilines is 1. The number of hydrogen-bond acceptors (Lipinski definition) is 1. The number of benzene rings is 1. The van der Waals surface area contributed by atoms with Crippen molar-refractivity contribution < 1.29 is 5.73 Å². The predicted octanol–water partition coefficient (Wildman–Crippen LogP) is 1.57. The second kappa shape index (κ2) is 4.74. The fourth-order valence-electron chi connectivity index (χ4n) is 0.924. The molecule has 0 aromatic heterocycles. The zero-order valence-electron chi connectivity index (χ0n) is 7.58. The van der Waals surface area contributed by atoms with Crippen LogP contribution in [0.15, 0.2) is 42.1 Å². The van der Waals surface area contributed by atoms with Gasteiger partial charge < -0.3 is 11.1 Å². The van der Waals surface area contributed by atoms with Gasteiger partial charge in [0.15, 0.2) is 0 Å². The molecule has 0 atom stereocenters. The summed E-state index contributed by atoms with van der Waals surface area (Å²) in [5.74, 6) is 0. The highest BCUT2D eigenvalue weighted by molar-refractivity contribution is 7.81. The lowest BCUT2D eigenvalue weighted by molar-refractivity contribution is -0.301. The average Bonchev–Trinajstić information content (AvgIpc) is 2.04. The van der Waals surface area contributed by atoms with Crippen LogP contribution in [0.4, 0.5) is 5.69 Å². The van der Waals surface area contributed by atoms with E-state index in [9.17, 15) is 0 Å². The molecule has 4 N–H and O–H groups in total. The third-order valence-corrected chi connectivity index (χ3v) is 1.64. The van der Waals surface area contributed by atoms with E-state index in [4.69, 9.17) is 12.2 Å². The van der Waals surface area contributed by atoms with Gasteiger partial charge >= 0.3 is 0 Å². The third kappa shape index (κ3) is 3.83. The van der Waals surface area contributed by atoms with E-state index in [-0.39, 0.29) is 0 Å². The Morgan fingerprint density at radius 2 is 2.00 bits per heavy atom. The normalized spacial score (nSPS) is 11.1. The van der Waals surface area contributed by atoms with E-state index in [2.05, 4.69) is 11.1 Å². The van der Waals surface area contributed by atoms with Gasteiger partial charge in [-0.1, -0.05) is 30.4 Å². The maximum Gasteiger partial charge on any atom is 0.109 e. The first-order valence-electron chi connectivity index (χ1n) is 4.05. The standard InChI is InChI=1S/C10H12N2S/c1-8(11)7-10(13)12-9-5-3-2-4-6-9/h2-7H,11H2,1H3,(H,12,13)/p+1/b8-7-. The first kappa shape index (κ1) is 9.89. The van der Waals surface area contributed by atoms with Crippen LogP contribution in [0, 0.1) is 0 Å². The van der Waals surface area contributed by atoms with Gasteiger partial charge in [-0.05, 0) is 12.1 Å². The van der Waals surface area contributed by atoms with Crippen molar-refractivity contribution >= 4 is 22.9 Å². The molecule has 0 saturated heterocycles. The lowest BCUT2D eigenvalue weighted by Crippen LogP contribution is -2.46. The summed E-state index contributed by atoms with van der Waals surface area (Å²) in [6.07, 6.45) is 1.84. The first-order chi connectivity index (χ1) is 6.18. The van der Waals surface area contributed by atoms with E-state index in [0.29, 0.717) is 4.99 Å². The SMILES string of the molecule is C/C([NH3+])=C/C(=S)Nc1ccccc1. The molecular formula is C10H13N2S+. The van der Waals surface area contributed by atoms with Crippen LogP contribution in [-0.4, -0.2) is 4.99 Å². The molecule has 1 rings (SSSR count). The van der Waals surface area contributed by atoms with E-state index >= 15 is 0 Å². The molecule has 13 heavy (non-hydrogen) atoms. The molecule has 0 radical (unpaired) electrons. The van der Waals surface area contributed by atoms with Crippen molar-refractivity contribution in [2.24, 2.45) is 0 Å². The monoisotopic (exact) mass is 193 g/mol. The molecule has 0 bridgehead atoms. The van der Waals surface area contributed by atoms with Crippen LogP contribution in [0.5, 0.6) is 0 Å². The van der Waals surface area contributed by atoms with Crippen LogP contribution in [0.25, 0.3) is 0 Å². The summed E-state index contributed by atoms with van der Waals surface area (Å²) in [5, 5.41) is 3.09. The van der Waals surface area contributed by atoms with Crippen molar-refractivity contribution in [1.29, 1.82) is 0 Å². The topological polar surface area (TPSA) is 39.7 Å². The van der Waals surface area contributed by atoms with Gasteiger partial charge in [0.1, 0.15) is 10.7 Å². The largest absolute Gasteiger partial charge is 0.346 e. The summed E-state index contributed by atoms with van der Waals surface area (Å²) in [4.78, 5) is 0.693. The minimum absolute atomic E-state index is 0.693. The summed E-state index contributed by atoms with van der Waals surface area (Å²) in [6, 6.07) is 9.84. The smallest absolute Gasteiger partial charge is 0.109 e. The number of nitrogens with one attached hydrogen (secondary N) is 1. The predicted molar refractivity (Wildman–Crippen MR) is 59.3 cm³/mol. The second-order valence-electron chi connectivity index (χ2n) is 2.85. The molecule has 0 saturated carbocycles. The number of allylic oxidation sites excluding steroid dienone is 1. The van der Waals surface area contributed by atoms with Crippen molar-refractivity contribution in [1.82, 2.24) is 0 Å². The molecule has 0 amide bonds. The van der Waals surface area contributed by atoms with Gasteiger partial charge in [0.25, 0.3) is 0 Å². The summed E-state index contributed by atoms with van der Waals surface area (Å²) in [7, 11) is 0. The molecule has 2 nitrogen and oxygen atoms in total. The summed E-state index contributed by atoms with van der Waals surface area (Å²) < 4.78 is 0. The molecule has 0 aliphatic heterocycles. The summed E-state index contributed by atoms with van der Waals surface area (Å²) in [6.45, 7) is 1.92. The maximum atomic E-state index is 5.08. The summed E-state index contributed by atoms with van der Waals surface area (Å²) >= 11 is 5.08. The Morgan fingerprint density at radius 1 is 1.38 bits per heavy atom. The molecular weight excluding hydrogens is 180 g/mol. The second-order valence-corrected chi connectivity index (χ2v) is 3.29. The Morgan fingerprint density at radius 3 is 2.54 bits per heavy atom. The van der Waals surface area contributed by atoms with Gasteiger partial charge in [0.2, 0.25) is 0 Å². The number of thiocarbonyl (C=S) groups is 1. The van der Waals surface area contributed by atoms with Crippen LogP contribution in [0.2, 0.25) is 0 Å². The van der Waals surface area contributed by atoms with Crippen LogP contribution >= 0.6 is 12.2 Å². The van der Waals surface area contributed by atoms with Crippen LogP contribution < -0.4 is 11.1 Å². The molecule has 0 aliphatic carbocycles. The minimum atomic E-state index is 0.693. The lowest BCUT2D eigenvalue weighted by Gasteiger charge is -2.02. The molecule has 1 aromatic rings. The van der Waals surface area contributed by atoms with Gasteiger partial charge in [-0.15, -0.1) is 0 Å². The highest BCUT2D eigenvalue weighted by atomic mass is 32.1. The van der Waals surface area contributed by atoms with E-state index in [0.717, 1.165) is 11.4 Å². The fourth-order valence-corrected chi connectivity index (χ4v) is 1.24. The van der Waals surface area contributed by atoms with Crippen molar-refractivity contribution in [2.75, 3.05) is 5.32 Å². The van der Waals surface area contributed by atoms with E-state index in [1.807, 2.05) is 43.3 Å². The lowest BCUT2D eigenvalue weighted by atomic mass is 10.3. The number of hydrogen-bond donors (Lipinski definition) is 2. The first-order valence-corrected chi connectivity index (χ1v) is 4.45. The van der Waals surface area contributed by atoms with Crippen LogP contribution in [-0.2, 0) is 0 Å². The Hall–Kier alpha value is -1.19. The Balaban J connectivity index is 2.61. The number of rotatable bonds is 2. The van der Waals surface area contributed by atoms with Gasteiger partial charge in [0.05, 0.1) is 0 Å². The highest BCUT2D eigenvalue weighted by Crippen LogP contribution is 2.05. The molecule has 68 valence electrons. The fraction of sp³-hybridized carbons (Fsp3) is 0.100. The molecule has 0 aliphatic rings. The third-order valence-electron chi connectivity index (χ3n) is 1.42. The van der Waals surface area contributed by atoms with Crippen molar-refractivity contribution in [3.63, 3.8) is 0 Å². The van der Waals surface area contributed by atoms with Gasteiger partial charge in [-0.25, -0.2) is 0 Å². The van der Waals surface area contributed by atoms with Crippen molar-refractivity contribution in [3.8, 4) is 0 Å². The van der Waals surface area contributed by atoms with Gasteiger partial charge in [0, 0.05) is 18.7 Å². The Labute approximate surface area is 83.5 Å². The quantitative estimate of drug-likeness (QED) is 0.553. The van der Waals surface area contributed by atoms with E-state index in [1.165, 1.54) is 0 Å². The molecule has 1 aromatic carbocycles. The number of quaternary nitrogens is 1. The molecule has 3 heteroatoms. The molecule has 0 fully saturated rings. The van der Waals surface area contributed by atoms with Gasteiger partial charge in [-0.2, -0.15) is 0 Å². The minimum Gasteiger partial charge on any atom is -0.346 e.